The highest BCUT2D eigenvalue weighted by Gasteiger charge is 2.26. The van der Waals surface area contributed by atoms with Gasteiger partial charge in [-0.05, 0) is 51.7 Å². The van der Waals surface area contributed by atoms with E-state index in [0.29, 0.717) is 22.7 Å². The molecule has 5 aromatic rings. The number of para-hydroxylation sites is 2. The van der Waals surface area contributed by atoms with Gasteiger partial charge in [0.25, 0.3) is 15.9 Å². The van der Waals surface area contributed by atoms with Crippen LogP contribution in [0.3, 0.4) is 0 Å². The maximum atomic E-state index is 13.7. The number of nitrogens with zero attached hydrogens (tertiary/aromatic N) is 5. The van der Waals surface area contributed by atoms with E-state index >= 15 is 0 Å². The fraction of sp³-hybridized carbons (Fsp3) is 0.233. The summed E-state index contributed by atoms with van der Waals surface area (Å²) in [6.07, 6.45) is 0. The van der Waals surface area contributed by atoms with E-state index in [2.05, 4.69) is 35.3 Å². The molecule has 0 fully saturated rings. The van der Waals surface area contributed by atoms with Crippen molar-refractivity contribution in [1.82, 2.24) is 30.6 Å². The minimum absolute atomic E-state index is 0.0200. The number of aliphatic hydroxyl groups excluding tert-OH is 1. The Morgan fingerprint density at radius 3 is 2.32 bits per heavy atom. The first kappa shape index (κ1) is 30.4. The molecule has 2 aromatic heterocycles. The third-order valence-electron chi connectivity index (χ3n) is 6.45. The fourth-order valence-electron chi connectivity index (χ4n) is 4.18. The van der Waals surface area contributed by atoms with E-state index in [4.69, 9.17) is 14.2 Å². The van der Waals surface area contributed by atoms with Crippen LogP contribution in [0.1, 0.15) is 26.3 Å². The monoisotopic (exact) mass is 617 g/mol. The van der Waals surface area contributed by atoms with Gasteiger partial charge in [0.15, 0.2) is 29.0 Å². The van der Waals surface area contributed by atoms with Gasteiger partial charge in [-0.2, -0.15) is 4.98 Å². The zero-order valence-electron chi connectivity index (χ0n) is 24.5. The number of rotatable bonds is 11. The summed E-state index contributed by atoms with van der Waals surface area (Å²) < 4.78 is 47.3. The van der Waals surface area contributed by atoms with Crippen LogP contribution in [-0.4, -0.2) is 64.4 Å². The quantitative estimate of drug-likeness (QED) is 0.189. The molecule has 0 radical (unpaired) electrons. The highest BCUT2D eigenvalue weighted by Crippen LogP contribution is 2.42. The molecule has 0 saturated carbocycles. The number of aliphatic hydroxyl groups is 1. The van der Waals surface area contributed by atoms with E-state index in [1.165, 1.54) is 19.2 Å². The number of hydrogen-bond donors (Lipinski definition) is 3. The average molecular weight is 618 g/mol. The summed E-state index contributed by atoms with van der Waals surface area (Å²) in [5.41, 5.74) is 1.96. The smallest absolute Gasteiger partial charge is 0.263 e. The molecule has 0 unspecified atom stereocenters. The van der Waals surface area contributed by atoms with Crippen molar-refractivity contribution in [2.45, 2.75) is 31.1 Å². The van der Waals surface area contributed by atoms with Gasteiger partial charge in [-0.25, -0.2) is 18.5 Å². The predicted molar refractivity (Wildman–Crippen MR) is 162 cm³/mol. The lowest BCUT2D eigenvalue weighted by atomic mass is 9.87. The summed E-state index contributed by atoms with van der Waals surface area (Å²) in [6.45, 7) is 5.65. The highest BCUT2D eigenvalue weighted by molar-refractivity contribution is 7.92. The van der Waals surface area contributed by atoms with E-state index in [-0.39, 0.29) is 52.5 Å². The number of aromatic amines is 1. The molecule has 3 aromatic carbocycles. The summed E-state index contributed by atoms with van der Waals surface area (Å²) >= 11 is 0. The lowest BCUT2D eigenvalue weighted by molar-refractivity contribution is 0.192. The van der Waals surface area contributed by atoms with Crippen LogP contribution >= 0.6 is 0 Å². The number of anilines is 1. The molecule has 44 heavy (non-hydrogen) atoms. The van der Waals surface area contributed by atoms with Gasteiger partial charge < -0.3 is 19.3 Å². The summed E-state index contributed by atoms with van der Waals surface area (Å²) in [6, 6.07) is 20.4. The number of hydrogen-bond acceptors (Lipinski definition) is 11. The van der Waals surface area contributed by atoms with E-state index in [0.717, 1.165) is 5.56 Å². The maximum Gasteiger partial charge on any atom is 0.263 e. The first-order valence-electron chi connectivity index (χ1n) is 13.5. The molecular formula is C30H31N7O6S. The summed E-state index contributed by atoms with van der Waals surface area (Å²) in [5, 5.41) is 23.4. The zero-order valence-corrected chi connectivity index (χ0v) is 25.3. The van der Waals surface area contributed by atoms with Gasteiger partial charge in [-0.1, -0.05) is 63.2 Å². The molecule has 0 amide bonds. The Kier molecular flexibility index (Phi) is 8.73. The Morgan fingerprint density at radius 1 is 0.932 bits per heavy atom. The Labute approximate surface area is 254 Å². The number of nitrogens with one attached hydrogen (secondary N) is 2. The molecule has 0 aliphatic carbocycles. The van der Waals surface area contributed by atoms with Crippen LogP contribution in [0.2, 0.25) is 0 Å². The van der Waals surface area contributed by atoms with E-state index < -0.39 is 10.0 Å². The van der Waals surface area contributed by atoms with Crippen LogP contribution in [0.5, 0.6) is 23.1 Å². The van der Waals surface area contributed by atoms with Crippen molar-refractivity contribution in [1.29, 1.82) is 0 Å². The Balaban J connectivity index is 1.65. The molecule has 14 heteroatoms. The molecule has 0 aliphatic heterocycles. The number of benzene rings is 3. The zero-order chi connectivity index (χ0) is 31.3. The predicted octanol–water partition coefficient (Wildman–Crippen LogP) is 4.59. The molecule has 0 atom stereocenters. The number of H-pyrrole nitrogens is 1. The van der Waals surface area contributed by atoms with Crippen LogP contribution in [0, 0.1) is 0 Å². The molecule has 13 nitrogen and oxygen atoms in total. The number of methoxy groups -OCH3 is 1. The number of ether oxygens (including phenoxy) is 3. The molecule has 5 rings (SSSR count). The SMILES string of the molecule is COc1ccccc1Oc1c(NS(=O)(=O)c2ccc(C(C)(C)C)cc2)nc(-c2cccc(-c3nnn[nH]3)c2)nc1OCCO. The van der Waals surface area contributed by atoms with E-state index in [9.17, 15) is 13.5 Å². The minimum Gasteiger partial charge on any atom is -0.493 e. The van der Waals surface area contributed by atoms with Crippen molar-refractivity contribution in [3.63, 3.8) is 0 Å². The second-order valence-electron chi connectivity index (χ2n) is 10.6. The van der Waals surface area contributed by atoms with Crippen LogP contribution in [-0.2, 0) is 15.4 Å². The van der Waals surface area contributed by atoms with Crippen LogP contribution < -0.4 is 18.9 Å². The molecular weight excluding hydrogens is 586 g/mol. The van der Waals surface area contributed by atoms with Crippen LogP contribution in [0.4, 0.5) is 5.82 Å². The van der Waals surface area contributed by atoms with Crippen molar-refractivity contribution >= 4 is 15.8 Å². The number of sulfonamides is 1. The topological polar surface area (TPSA) is 174 Å². The molecule has 0 aliphatic rings. The van der Waals surface area contributed by atoms with Crippen LogP contribution in [0.15, 0.2) is 77.7 Å². The second-order valence-corrected chi connectivity index (χ2v) is 12.2. The van der Waals surface area contributed by atoms with Gasteiger partial charge in [-0.3, -0.25) is 4.72 Å². The summed E-state index contributed by atoms with van der Waals surface area (Å²) in [4.78, 5) is 9.15. The summed E-state index contributed by atoms with van der Waals surface area (Å²) in [7, 11) is -2.69. The van der Waals surface area contributed by atoms with Gasteiger partial charge >= 0.3 is 0 Å². The third-order valence-corrected chi connectivity index (χ3v) is 7.80. The van der Waals surface area contributed by atoms with Gasteiger partial charge in [-0.15, -0.1) is 5.10 Å². The Morgan fingerprint density at radius 2 is 1.66 bits per heavy atom. The average Bonchev–Trinajstić information content (AvgIpc) is 3.56. The van der Waals surface area contributed by atoms with Crippen molar-refractivity contribution in [3.05, 3.63) is 78.4 Å². The lowest BCUT2D eigenvalue weighted by Crippen LogP contribution is -2.17. The molecule has 2 heterocycles. The Hall–Kier alpha value is -5.08. The third kappa shape index (κ3) is 6.76. The standard InChI is InChI=1S/C30H31N7O6S/c1-30(2,3)21-12-14-22(15-13-21)44(39,40)35-28-25(43-24-11-6-5-10-23(24)41-4)29(42-17-16-38)32-26(31-28)19-8-7-9-20(18-19)27-33-36-37-34-27/h5-15,18,38H,16-17H2,1-4H3,(H,31,32,35)(H,33,34,36,37). The summed E-state index contributed by atoms with van der Waals surface area (Å²) in [5.74, 6) is 0.736. The van der Waals surface area contributed by atoms with E-state index in [1.54, 1.807) is 60.7 Å². The van der Waals surface area contributed by atoms with Crippen molar-refractivity contribution in [2.75, 3.05) is 25.0 Å². The van der Waals surface area contributed by atoms with E-state index in [1.807, 2.05) is 20.8 Å². The van der Waals surface area contributed by atoms with Gasteiger partial charge in [0.1, 0.15) is 6.61 Å². The number of aromatic nitrogens is 6. The maximum absolute atomic E-state index is 13.7. The number of tetrazole rings is 1. The van der Waals surface area contributed by atoms with Crippen molar-refractivity contribution < 1.29 is 27.7 Å². The molecule has 0 bridgehead atoms. The Bertz CT molecular complexity index is 1840. The van der Waals surface area contributed by atoms with Gasteiger partial charge in [0.05, 0.1) is 18.6 Å². The van der Waals surface area contributed by atoms with Gasteiger partial charge in [0, 0.05) is 11.1 Å². The van der Waals surface area contributed by atoms with Gasteiger partial charge in [0.2, 0.25) is 5.75 Å². The van der Waals surface area contributed by atoms with Crippen LogP contribution in [0.25, 0.3) is 22.8 Å². The molecule has 3 N–H and O–H groups in total. The minimum atomic E-state index is -4.17. The first-order valence-corrected chi connectivity index (χ1v) is 15.0. The largest absolute Gasteiger partial charge is 0.493 e. The fourth-order valence-corrected chi connectivity index (χ4v) is 5.19. The normalized spacial score (nSPS) is 11.7. The lowest BCUT2D eigenvalue weighted by Gasteiger charge is -2.20. The second kappa shape index (κ2) is 12.7. The van der Waals surface area contributed by atoms with Crippen molar-refractivity contribution in [3.8, 4) is 45.9 Å². The molecule has 228 valence electrons. The first-order chi connectivity index (χ1) is 21.1. The molecule has 0 saturated heterocycles. The van der Waals surface area contributed by atoms with Crippen molar-refractivity contribution in [2.24, 2.45) is 0 Å². The highest BCUT2D eigenvalue weighted by atomic mass is 32.2. The molecule has 0 spiro atoms.